The Hall–Kier alpha value is -3.89. The van der Waals surface area contributed by atoms with Gasteiger partial charge in [0.2, 0.25) is 0 Å². The average Bonchev–Trinajstić information content (AvgIpc) is 2.77. The van der Waals surface area contributed by atoms with Crippen LogP contribution >= 0.6 is 11.6 Å². The molecule has 4 aromatic rings. The number of ether oxygens (including phenoxy) is 1. The van der Waals surface area contributed by atoms with E-state index in [4.69, 9.17) is 21.6 Å². The molecule has 1 aromatic heterocycles. The lowest BCUT2D eigenvalue weighted by Crippen LogP contribution is -2.07. The van der Waals surface area contributed by atoms with Crippen molar-refractivity contribution in [3.63, 3.8) is 0 Å². The minimum absolute atomic E-state index is 0.0146. The van der Waals surface area contributed by atoms with Crippen molar-refractivity contribution in [3.05, 3.63) is 99.8 Å². The van der Waals surface area contributed by atoms with Crippen LogP contribution in [-0.2, 0) is 6.61 Å². The molecule has 0 saturated heterocycles. The lowest BCUT2D eigenvalue weighted by atomic mass is 10.0. The number of ketones is 1. The highest BCUT2D eigenvalue weighted by molar-refractivity contribution is 6.36. The van der Waals surface area contributed by atoms with E-state index in [-0.39, 0.29) is 34.2 Å². The predicted molar refractivity (Wildman–Crippen MR) is 110 cm³/mol. The normalized spacial score (nSPS) is 10.6. The van der Waals surface area contributed by atoms with Gasteiger partial charge in [-0.05, 0) is 48.0 Å². The summed E-state index contributed by atoms with van der Waals surface area (Å²) >= 11 is 6.29. The SMILES string of the molecule is N#Cc1cnc2ccc(C(=O)c3c(F)ccc(OCc4cccc(F)c4)c3Cl)cc2n1. The topological polar surface area (TPSA) is 75.9 Å². The number of carbonyl (C=O) groups excluding carboxylic acids is 1. The minimum atomic E-state index is -0.815. The summed E-state index contributed by atoms with van der Waals surface area (Å²) in [6.07, 6.45) is 1.32. The van der Waals surface area contributed by atoms with Crippen LogP contribution in [0.15, 0.2) is 60.8 Å². The van der Waals surface area contributed by atoms with Crippen LogP contribution in [-0.4, -0.2) is 15.8 Å². The summed E-state index contributed by atoms with van der Waals surface area (Å²) in [5, 5.41) is 8.79. The summed E-state index contributed by atoms with van der Waals surface area (Å²) in [6, 6.07) is 14.5. The molecular weight excluding hydrogens is 424 g/mol. The Kier molecular flexibility index (Phi) is 5.56. The van der Waals surface area contributed by atoms with Crippen LogP contribution in [0.4, 0.5) is 8.78 Å². The van der Waals surface area contributed by atoms with Crippen molar-refractivity contribution >= 4 is 28.4 Å². The van der Waals surface area contributed by atoms with Gasteiger partial charge in [0.05, 0.1) is 27.8 Å². The van der Waals surface area contributed by atoms with Gasteiger partial charge in [-0.3, -0.25) is 9.78 Å². The summed E-state index contributed by atoms with van der Waals surface area (Å²) in [5.41, 5.74) is 1.21. The standard InChI is InChI=1S/C23H12ClF2N3O2/c24-22-20(31-12-13-2-1-3-15(25)8-13)7-5-17(26)21(22)23(30)14-4-6-18-19(9-14)29-16(10-27)11-28-18/h1-9,11H,12H2. The molecule has 0 aliphatic heterocycles. The maximum absolute atomic E-state index is 14.5. The summed E-state index contributed by atoms with van der Waals surface area (Å²) in [5.74, 6) is -1.82. The minimum Gasteiger partial charge on any atom is -0.487 e. The van der Waals surface area contributed by atoms with Gasteiger partial charge in [0.1, 0.15) is 30.1 Å². The highest BCUT2D eigenvalue weighted by atomic mass is 35.5. The van der Waals surface area contributed by atoms with Crippen molar-refractivity contribution in [2.24, 2.45) is 0 Å². The largest absolute Gasteiger partial charge is 0.487 e. The molecule has 0 radical (unpaired) electrons. The fourth-order valence-corrected chi connectivity index (χ4v) is 3.29. The van der Waals surface area contributed by atoms with Gasteiger partial charge in [0.25, 0.3) is 0 Å². The number of fused-ring (bicyclic) bond motifs is 1. The third kappa shape index (κ3) is 4.20. The van der Waals surface area contributed by atoms with Crippen LogP contribution in [0.5, 0.6) is 5.75 Å². The molecule has 0 bridgehead atoms. The molecule has 3 aromatic carbocycles. The molecule has 0 N–H and O–H groups in total. The zero-order valence-electron chi connectivity index (χ0n) is 15.8. The van der Waals surface area contributed by atoms with Crippen molar-refractivity contribution in [1.29, 1.82) is 5.26 Å². The number of carbonyl (C=O) groups is 1. The first-order chi connectivity index (χ1) is 15.0. The lowest BCUT2D eigenvalue weighted by molar-refractivity contribution is 0.103. The number of halogens is 3. The summed E-state index contributed by atoms with van der Waals surface area (Å²) < 4.78 is 33.5. The molecule has 0 fully saturated rings. The number of nitrogens with zero attached hydrogens (tertiary/aromatic N) is 3. The van der Waals surface area contributed by atoms with E-state index in [1.807, 2.05) is 6.07 Å². The number of benzene rings is 3. The van der Waals surface area contributed by atoms with Gasteiger partial charge in [-0.25, -0.2) is 13.8 Å². The van der Waals surface area contributed by atoms with Crippen LogP contribution in [0.1, 0.15) is 27.2 Å². The summed E-state index contributed by atoms with van der Waals surface area (Å²) in [7, 11) is 0. The molecule has 0 unspecified atom stereocenters. The number of rotatable bonds is 5. The average molecular weight is 436 g/mol. The highest BCUT2D eigenvalue weighted by Gasteiger charge is 2.22. The first kappa shape index (κ1) is 20.4. The van der Waals surface area contributed by atoms with Gasteiger partial charge in [-0.2, -0.15) is 5.26 Å². The van der Waals surface area contributed by atoms with Crippen LogP contribution in [0.3, 0.4) is 0 Å². The Morgan fingerprint density at radius 1 is 1.10 bits per heavy atom. The molecule has 1 heterocycles. The van der Waals surface area contributed by atoms with E-state index in [0.717, 1.165) is 6.07 Å². The second-order valence-electron chi connectivity index (χ2n) is 6.55. The summed E-state index contributed by atoms with van der Waals surface area (Å²) in [6.45, 7) is -0.0146. The molecule has 152 valence electrons. The zero-order valence-corrected chi connectivity index (χ0v) is 16.5. The van der Waals surface area contributed by atoms with Crippen LogP contribution < -0.4 is 4.74 Å². The monoisotopic (exact) mass is 435 g/mol. The maximum Gasteiger partial charge on any atom is 0.197 e. The number of nitriles is 1. The van der Waals surface area contributed by atoms with E-state index in [9.17, 15) is 13.6 Å². The Bertz CT molecular complexity index is 1370. The van der Waals surface area contributed by atoms with E-state index in [1.165, 1.54) is 42.6 Å². The molecule has 5 nitrogen and oxygen atoms in total. The van der Waals surface area contributed by atoms with Gasteiger partial charge in [0, 0.05) is 5.56 Å². The first-order valence-electron chi connectivity index (χ1n) is 9.03. The molecule has 0 saturated carbocycles. The Morgan fingerprint density at radius 3 is 2.71 bits per heavy atom. The number of hydrogen-bond donors (Lipinski definition) is 0. The molecular formula is C23H12ClF2N3O2. The van der Waals surface area contributed by atoms with Crippen molar-refractivity contribution in [2.75, 3.05) is 0 Å². The zero-order chi connectivity index (χ0) is 22.0. The summed E-state index contributed by atoms with van der Waals surface area (Å²) in [4.78, 5) is 21.2. The Balaban J connectivity index is 1.67. The van der Waals surface area contributed by atoms with Crippen molar-refractivity contribution in [3.8, 4) is 11.8 Å². The maximum atomic E-state index is 14.5. The van der Waals surface area contributed by atoms with Crippen LogP contribution in [0.25, 0.3) is 11.0 Å². The molecule has 0 aliphatic rings. The Labute approximate surface area is 180 Å². The van der Waals surface area contributed by atoms with Gasteiger partial charge in [-0.1, -0.05) is 23.7 Å². The van der Waals surface area contributed by atoms with E-state index in [1.54, 1.807) is 12.1 Å². The fraction of sp³-hybridized carbons (Fsp3) is 0.0435. The van der Waals surface area contributed by atoms with Crippen molar-refractivity contribution < 1.29 is 18.3 Å². The molecule has 4 rings (SSSR count). The lowest BCUT2D eigenvalue weighted by Gasteiger charge is -2.12. The fourth-order valence-electron chi connectivity index (χ4n) is 2.99. The van der Waals surface area contributed by atoms with Crippen LogP contribution in [0.2, 0.25) is 5.02 Å². The van der Waals surface area contributed by atoms with E-state index in [2.05, 4.69) is 9.97 Å². The first-order valence-corrected chi connectivity index (χ1v) is 9.41. The quantitative estimate of drug-likeness (QED) is 0.400. The van der Waals surface area contributed by atoms with E-state index < -0.39 is 17.4 Å². The van der Waals surface area contributed by atoms with Gasteiger partial charge >= 0.3 is 0 Å². The molecule has 8 heteroatoms. The third-order valence-electron chi connectivity index (χ3n) is 4.49. The number of aromatic nitrogens is 2. The van der Waals surface area contributed by atoms with Crippen molar-refractivity contribution in [2.45, 2.75) is 6.61 Å². The molecule has 31 heavy (non-hydrogen) atoms. The van der Waals surface area contributed by atoms with E-state index in [0.29, 0.717) is 16.6 Å². The molecule has 0 aliphatic carbocycles. The highest BCUT2D eigenvalue weighted by Crippen LogP contribution is 2.33. The van der Waals surface area contributed by atoms with Crippen molar-refractivity contribution in [1.82, 2.24) is 9.97 Å². The van der Waals surface area contributed by atoms with Gasteiger partial charge in [-0.15, -0.1) is 0 Å². The Morgan fingerprint density at radius 2 is 1.94 bits per heavy atom. The molecule has 0 spiro atoms. The number of hydrogen-bond acceptors (Lipinski definition) is 5. The third-order valence-corrected chi connectivity index (χ3v) is 4.86. The predicted octanol–water partition coefficient (Wildman–Crippen LogP) is 5.24. The van der Waals surface area contributed by atoms with E-state index >= 15 is 0 Å². The molecule has 0 atom stereocenters. The molecule has 0 amide bonds. The van der Waals surface area contributed by atoms with Gasteiger partial charge < -0.3 is 4.74 Å². The second-order valence-corrected chi connectivity index (χ2v) is 6.93. The second kappa shape index (κ2) is 8.46. The van der Waals surface area contributed by atoms with Gasteiger partial charge in [0.15, 0.2) is 11.5 Å². The smallest absolute Gasteiger partial charge is 0.197 e. The van der Waals surface area contributed by atoms with Crippen LogP contribution in [0, 0.1) is 23.0 Å².